The van der Waals surface area contributed by atoms with E-state index in [1.54, 1.807) is 18.2 Å². The van der Waals surface area contributed by atoms with Crippen LogP contribution in [0.4, 0.5) is 5.69 Å². The Morgan fingerprint density at radius 1 is 1.04 bits per heavy atom. The monoisotopic (exact) mass is 340 g/mol. The Hall–Kier alpha value is -3.15. The van der Waals surface area contributed by atoms with Crippen LogP contribution in [0.15, 0.2) is 48.5 Å². The first-order chi connectivity index (χ1) is 11.9. The van der Waals surface area contributed by atoms with Gasteiger partial charge in [0.1, 0.15) is 6.04 Å². The van der Waals surface area contributed by atoms with Crippen LogP contribution in [-0.4, -0.2) is 28.9 Å². The van der Waals surface area contributed by atoms with Crippen LogP contribution in [0.3, 0.4) is 0 Å². The predicted octanol–water partition coefficient (Wildman–Crippen LogP) is 2.38. The number of nitrogens with one attached hydrogen (secondary N) is 2. The number of aliphatic carboxylic acids is 1. The van der Waals surface area contributed by atoms with Gasteiger partial charge in [0.2, 0.25) is 5.91 Å². The topological polar surface area (TPSA) is 95.5 Å². The first-order valence-corrected chi connectivity index (χ1v) is 7.82. The Morgan fingerprint density at radius 2 is 1.68 bits per heavy atom. The molecule has 0 unspecified atom stereocenters. The van der Waals surface area contributed by atoms with Crippen LogP contribution in [0.25, 0.3) is 0 Å². The maximum atomic E-state index is 12.5. The normalized spacial score (nSPS) is 11.4. The molecule has 2 aromatic carbocycles. The Balaban J connectivity index is 2.17. The molecule has 0 bridgehead atoms. The van der Waals surface area contributed by atoms with Gasteiger partial charge in [-0.25, -0.2) is 4.79 Å². The minimum atomic E-state index is -1.12. The molecular weight excluding hydrogens is 320 g/mol. The predicted molar refractivity (Wildman–Crippen MR) is 94.5 cm³/mol. The summed E-state index contributed by atoms with van der Waals surface area (Å²) < 4.78 is 0. The molecule has 0 aliphatic carbocycles. The van der Waals surface area contributed by atoms with E-state index < -0.39 is 17.9 Å². The molecule has 6 heteroatoms. The summed E-state index contributed by atoms with van der Waals surface area (Å²) >= 11 is 0. The molecule has 2 aromatic rings. The highest BCUT2D eigenvalue weighted by Crippen LogP contribution is 2.15. The van der Waals surface area contributed by atoms with Crippen molar-refractivity contribution in [3.63, 3.8) is 0 Å². The largest absolute Gasteiger partial charge is 0.480 e. The second-order valence-electron chi connectivity index (χ2n) is 5.78. The fourth-order valence-corrected chi connectivity index (χ4v) is 2.38. The van der Waals surface area contributed by atoms with Gasteiger partial charge < -0.3 is 15.7 Å². The molecular formula is C19H20N2O4. The van der Waals surface area contributed by atoms with Crippen LogP contribution in [0.2, 0.25) is 0 Å². The zero-order valence-electron chi connectivity index (χ0n) is 14.1. The summed E-state index contributed by atoms with van der Waals surface area (Å²) in [6.45, 7) is 3.28. The quantitative estimate of drug-likeness (QED) is 0.752. The summed E-state index contributed by atoms with van der Waals surface area (Å²) in [6.07, 6.45) is 0.170. The first kappa shape index (κ1) is 18.2. The van der Waals surface area contributed by atoms with Crippen molar-refractivity contribution in [3.05, 3.63) is 65.2 Å². The average molecular weight is 340 g/mol. The third-order valence-electron chi connectivity index (χ3n) is 3.65. The summed E-state index contributed by atoms with van der Waals surface area (Å²) in [5, 5.41) is 14.5. The maximum absolute atomic E-state index is 12.5. The van der Waals surface area contributed by atoms with E-state index in [0.717, 1.165) is 11.1 Å². The lowest BCUT2D eigenvalue weighted by atomic mass is 10.0. The van der Waals surface area contributed by atoms with E-state index in [4.69, 9.17) is 0 Å². The van der Waals surface area contributed by atoms with Gasteiger partial charge in [-0.3, -0.25) is 9.59 Å². The number of carboxylic acids is 1. The number of carboxylic acid groups (broad SMARTS) is 1. The number of anilines is 1. The Bertz CT molecular complexity index is 784. The number of rotatable bonds is 6. The molecule has 130 valence electrons. The molecule has 0 radical (unpaired) electrons. The van der Waals surface area contributed by atoms with Crippen molar-refractivity contribution in [1.82, 2.24) is 5.32 Å². The van der Waals surface area contributed by atoms with Gasteiger partial charge in [-0.2, -0.15) is 0 Å². The maximum Gasteiger partial charge on any atom is 0.326 e. The standard InChI is InChI=1S/C19H20N2O4/c1-12-7-9-14(10-8-12)11-17(19(24)25)21-18(23)15-5-3-4-6-16(15)20-13(2)22/h3-10,17H,11H2,1-2H3,(H,20,22)(H,21,23)(H,24,25)/t17-/m0/s1. The van der Waals surface area contributed by atoms with Crippen molar-refractivity contribution >= 4 is 23.5 Å². The van der Waals surface area contributed by atoms with Gasteiger partial charge in [-0.15, -0.1) is 0 Å². The second kappa shape index (κ2) is 8.10. The molecule has 1 atom stereocenters. The molecule has 0 heterocycles. The van der Waals surface area contributed by atoms with E-state index in [0.29, 0.717) is 5.69 Å². The lowest BCUT2D eigenvalue weighted by molar-refractivity contribution is -0.139. The Kier molecular flexibility index (Phi) is 5.89. The zero-order chi connectivity index (χ0) is 18.4. The zero-order valence-corrected chi connectivity index (χ0v) is 14.1. The SMILES string of the molecule is CC(=O)Nc1ccccc1C(=O)N[C@@H](Cc1ccc(C)cc1)C(=O)O. The minimum Gasteiger partial charge on any atom is -0.480 e. The number of carbonyl (C=O) groups is 3. The van der Waals surface area contributed by atoms with E-state index in [2.05, 4.69) is 10.6 Å². The highest BCUT2D eigenvalue weighted by Gasteiger charge is 2.22. The van der Waals surface area contributed by atoms with E-state index in [1.807, 2.05) is 31.2 Å². The van der Waals surface area contributed by atoms with Crippen LogP contribution in [0, 0.1) is 6.92 Å². The Morgan fingerprint density at radius 3 is 2.28 bits per heavy atom. The van der Waals surface area contributed by atoms with Gasteiger partial charge in [0.15, 0.2) is 0 Å². The summed E-state index contributed by atoms with van der Waals surface area (Å²) in [5.74, 6) is -1.98. The average Bonchev–Trinajstić information content (AvgIpc) is 2.56. The molecule has 0 aromatic heterocycles. The molecule has 6 nitrogen and oxygen atoms in total. The van der Waals surface area contributed by atoms with E-state index in [9.17, 15) is 19.5 Å². The van der Waals surface area contributed by atoms with E-state index >= 15 is 0 Å². The molecule has 25 heavy (non-hydrogen) atoms. The number of aryl methyl sites for hydroxylation is 1. The highest BCUT2D eigenvalue weighted by molar-refractivity contribution is 6.04. The van der Waals surface area contributed by atoms with Crippen LogP contribution < -0.4 is 10.6 Å². The van der Waals surface area contributed by atoms with Crippen molar-refractivity contribution in [3.8, 4) is 0 Å². The number of hydrogen-bond acceptors (Lipinski definition) is 3. The number of benzene rings is 2. The van der Waals surface area contributed by atoms with Gasteiger partial charge >= 0.3 is 5.97 Å². The summed E-state index contributed by atoms with van der Waals surface area (Å²) in [6, 6.07) is 12.8. The molecule has 0 spiro atoms. The molecule has 0 aliphatic rings. The molecule has 2 rings (SSSR count). The van der Waals surface area contributed by atoms with Crippen molar-refractivity contribution in [2.24, 2.45) is 0 Å². The molecule has 3 N–H and O–H groups in total. The molecule has 2 amide bonds. The number of carbonyl (C=O) groups excluding carboxylic acids is 2. The van der Waals surface area contributed by atoms with Crippen molar-refractivity contribution in [2.45, 2.75) is 26.3 Å². The van der Waals surface area contributed by atoms with Crippen LogP contribution in [0.1, 0.15) is 28.4 Å². The first-order valence-electron chi connectivity index (χ1n) is 7.82. The van der Waals surface area contributed by atoms with Crippen molar-refractivity contribution in [2.75, 3.05) is 5.32 Å². The van der Waals surface area contributed by atoms with E-state index in [-0.39, 0.29) is 17.9 Å². The van der Waals surface area contributed by atoms with Crippen molar-refractivity contribution in [1.29, 1.82) is 0 Å². The van der Waals surface area contributed by atoms with Gasteiger partial charge in [-0.1, -0.05) is 42.0 Å². The lowest BCUT2D eigenvalue weighted by Crippen LogP contribution is -2.42. The highest BCUT2D eigenvalue weighted by atomic mass is 16.4. The van der Waals surface area contributed by atoms with Crippen molar-refractivity contribution < 1.29 is 19.5 Å². The van der Waals surface area contributed by atoms with Gasteiger partial charge in [0, 0.05) is 13.3 Å². The fourth-order valence-electron chi connectivity index (χ4n) is 2.38. The van der Waals surface area contributed by atoms with Crippen LogP contribution in [0.5, 0.6) is 0 Å². The Labute approximate surface area is 145 Å². The molecule has 0 saturated heterocycles. The fraction of sp³-hybridized carbons (Fsp3) is 0.211. The lowest BCUT2D eigenvalue weighted by Gasteiger charge is -2.16. The van der Waals surface area contributed by atoms with Gasteiger partial charge in [-0.05, 0) is 24.6 Å². The number of para-hydroxylation sites is 1. The third kappa shape index (κ3) is 5.17. The van der Waals surface area contributed by atoms with Crippen LogP contribution >= 0.6 is 0 Å². The second-order valence-corrected chi connectivity index (χ2v) is 5.78. The smallest absolute Gasteiger partial charge is 0.326 e. The molecule has 0 saturated carbocycles. The molecule has 0 fully saturated rings. The summed E-state index contributed by atoms with van der Waals surface area (Å²) in [4.78, 5) is 35.2. The summed E-state index contributed by atoms with van der Waals surface area (Å²) in [7, 11) is 0. The van der Waals surface area contributed by atoms with Gasteiger partial charge in [0.05, 0.1) is 11.3 Å². The number of hydrogen-bond donors (Lipinski definition) is 3. The van der Waals surface area contributed by atoms with Crippen LogP contribution in [-0.2, 0) is 16.0 Å². The molecule has 0 aliphatic heterocycles. The van der Waals surface area contributed by atoms with E-state index in [1.165, 1.54) is 13.0 Å². The minimum absolute atomic E-state index is 0.170. The summed E-state index contributed by atoms with van der Waals surface area (Å²) in [5.41, 5.74) is 2.44. The third-order valence-corrected chi connectivity index (χ3v) is 3.65. The van der Waals surface area contributed by atoms with Gasteiger partial charge in [0.25, 0.3) is 5.91 Å². The number of amides is 2.